The first-order valence-electron chi connectivity index (χ1n) is 19.0. The van der Waals surface area contributed by atoms with Gasteiger partial charge in [-0.1, -0.05) is 73.5 Å². The zero-order valence-electron chi connectivity index (χ0n) is 30.8. The van der Waals surface area contributed by atoms with Crippen molar-refractivity contribution < 1.29 is 29.0 Å². The second-order valence-corrected chi connectivity index (χ2v) is 14.1. The number of ether oxygens (including phenoxy) is 1. The molecule has 1 saturated heterocycles. The lowest BCUT2D eigenvalue weighted by atomic mass is 9.88. The van der Waals surface area contributed by atoms with Crippen LogP contribution < -0.4 is 20.7 Å². The summed E-state index contributed by atoms with van der Waals surface area (Å²) in [6, 6.07) is 30.2. The van der Waals surface area contributed by atoms with Crippen molar-refractivity contribution in [3.63, 3.8) is 0 Å². The van der Waals surface area contributed by atoms with Crippen molar-refractivity contribution in [3.05, 3.63) is 125 Å². The molecule has 0 saturated carbocycles. The Kier molecular flexibility index (Phi) is 13.6. The number of nitrogens with zero attached hydrogens (tertiary/aromatic N) is 1. The summed E-state index contributed by atoms with van der Waals surface area (Å²) in [7, 11) is 0. The number of unbranched alkanes of at least 4 members (excludes halogenated alkanes) is 3. The van der Waals surface area contributed by atoms with Gasteiger partial charge in [0.05, 0.1) is 6.54 Å². The molecule has 1 unspecified atom stereocenters. The van der Waals surface area contributed by atoms with Crippen molar-refractivity contribution in [2.24, 2.45) is 0 Å². The maximum atomic E-state index is 13.1. The number of amides is 4. The fraction of sp³-hybridized carbons (Fsp3) is 0.318. The second-order valence-electron chi connectivity index (χ2n) is 13.8. The van der Waals surface area contributed by atoms with Gasteiger partial charge in [-0.05, 0) is 89.9 Å². The predicted octanol–water partition coefficient (Wildman–Crippen LogP) is 7.30. The quantitative estimate of drug-likeness (QED) is 0.0362. The van der Waals surface area contributed by atoms with E-state index in [1.165, 1.54) is 0 Å². The summed E-state index contributed by atoms with van der Waals surface area (Å²) in [5, 5.41) is 18.7. The number of allylic oxidation sites excluding steroid dienone is 1. The lowest BCUT2D eigenvalue weighted by Gasteiger charge is -2.29. The minimum Gasteiger partial charge on any atom is -0.508 e. The van der Waals surface area contributed by atoms with Gasteiger partial charge in [0.1, 0.15) is 24.1 Å². The van der Waals surface area contributed by atoms with Gasteiger partial charge < -0.3 is 25.4 Å². The van der Waals surface area contributed by atoms with Gasteiger partial charge in [0.2, 0.25) is 17.7 Å². The van der Waals surface area contributed by atoms with Gasteiger partial charge in [-0.15, -0.1) is 11.6 Å². The van der Waals surface area contributed by atoms with Crippen molar-refractivity contribution in [2.75, 3.05) is 30.9 Å². The normalized spacial score (nSPS) is 15.6. The summed E-state index contributed by atoms with van der Waals surface area (Å²) >= 11 is 6.28. The number of anilines is 1. The summed E-state index contributed by atoms with van der Waals surface area (Å²) in [5.74, 6) is 0.478. The number of hydrogen-bond acceptors (Lipinski definition) is 7. The Morgan fingerprint density at radius 2 is 1.55 bits per heavy atom. The number of nitrogens with one attached hydrogen (secondary N) is 3. The number of hydrogen-bond donors (Lipinski definition) is 4. The standard InChI is InChI=1S/C44H47ClN4O6/c45-25-24-35(30-9-4-3-5-10-30)42(31-14-18-33(50)19-15-31)32-16-20-34(21-17-32)55-28-27-47-40(51)13-6-1-2-7-26-46-38-12-8-11-36-37(38)29-49(44(36)54)39-22-23-41(52)48-43(39)53/h3-5,8-12,14-21,39,46,50H,1-2,6-7,13,22-29H2,(H,47,51)(H,48,52,53). The van der Waals surface area contributed by atoms with Crippen LogP contribution in [0.3, 0.4) is 0 Å². The zero-order chi connectivity index (χ0) is 38.6. The van der Waals surface area contributed by atoms with Crippen molar-refractivity contribution in [2.45, 2.75) is 64.0 Å². The average molecular weight is 763 g/mol. The molecule has 286 valence electrons. The Balaban J connectivity index is 0.900. The van der Waals surface area contributed by atoms with E-state index in [-0.39, 0.29) is 29.9 Å². The molecule has 2 aliphatic heterocycles. The molecule has 0 bridgehead atoms. The lowest BCUT2D eigenvalue weighted by molar-refractivity contribution is -0.137. The summed E-state index contributed by atoms with van der Waals surface area (Å²) in [6.07, 6.45) is 5.26. The Bertz CT molecular complexity index is 2000. The van der Waals surface area contributed by atoms with Crippen molar-refractivity contribution in [1.29, 1.82) is 0 Å². The van der Waals surface area contributed by atoms with Crippen molar-refractivity contribution in [3.8, 4) is 11.5 Å². The first-order chi connectivity index (χ1) is 26.8. The van der Waals surface area contributed by atoms with Gasteiger partial charge >= 0.3 is 0 Å². The number of carbonyl (C=O) groups is 4. The van der Waals surface area contributed by atoms with E-state index in [1.807, 2.05) is 66.7 Å². The number of phenolic OH excluding ortho intramolecular Hbond substituents is 1. The predicted molar refractivity (Wildman–Crippen MR) is 215 cm³/mol. The van der Waals surface area contributed by atoms with E-state index < -0.39 is 11.9 Å². The van der Waals surface area contributed by atoms with Gasteiger partial charge in [-0.3, -0.25) is 24.5 Å². The topological polar surface area (TPSA) is 137 Å². The molecule has 4 N–H and O–H groups in total. The van der Waals surface area contributed by atoms with E-state index in [9.17, 15) is 24.3 Å². The zero-order valence-corrected chi connectivity index (χ0v) is 31.6. The molecule has 4 aromatic rings. The summed E-state index contributed by atoms with van der Waals surface area (Å²) in [5.41, 5.74) is 7.58. The third-order valence-electron chi connectivity index (χ3n) is 9.99. The first kappa shape index (κ1) is 39.1. The fourth-order valence-corrected chi connectivity index (χ4v) is 7.38. The first-order valence-corrected chi connectivity index (χ1v) is 19.5. The van der Waals surface area contributed by atoms with Crippen LogP contribution in [0.4, 0.5) is 5.69 Å². The highest BCUT2D eigenvalue weighted by Crippen LogP contribution is 2.36. The number of imide groups is 1. The van der Waals surface area contributed by atoms with E-state index in [4.69, 9.17) is 16.3 Å². The maximum absolute atomic E-state index is 13.1. The third-order valence-corrected chi connectivity index (χ3v) is 10.2. The van der Waals surface area contributed by atoms with E-state index in [2.05, 4.69) is 28.1 Å². The van der Waals surface area contributed by atoms with E-state index in [0.29, 0.717) is 56.2 Å². The van der Waals surface area contributed by atoms with Gasteiger partial charge in [0, 0.05) is 48.6 Å². The molecular weight excluding hydrogens is 716 g/mol. The van der Waals surface area contributed by atoms with Gasteiger partial charge in [0.15, 0.2) is 0 Å². The molecule has 2 heterocycles. The van der Waals surface area contributed by atoms with Crippen molar-refractivity contribution in [1.82, 2.24) is 15.5 Å². The van der Waals surface area contributed by atoms with Crippen LogP contribution in [0, 0.1) is 0 Å². The molecule has 1 fully saturated rings. The monoisotopic (exact) mass is 762 g/mol. The van der Waals surface area contributed by atoms with Crippen LogP contribution in [0.25, 0.3) is 11.1 Å². The van der Waals surface area contributed by atoms with Crippen LogP contribution in [-0.2, 0) is 20.9 Å². The highest BCUT2D eigenvalue weighted by molar-refractivity contribution is 6.18. The van der Waals surface area contributed by atoms with Gasteiger partial charge in [0.25, 0.3) is 5.91 Å². The van der Waals surface area contributed by atoms with Crippen molar-refractivity contribution >= 4 is 52.1 Å². The Labute approximate surface area is 326 Å². The smallest absolute Gasteiger partial charge is 0.255 e. The number of halogens is 1. The van der Waals surface area contributed by atoms with E-state index in [0.717, 1.165) is 71.3 Å². The average Bonchev–Trinajstić information content (AvgIpc) is 3.53. The van der Waals surface area contributed by atoms with E-state index in [1.54, 1.807) is 23.1 Å². The molecule has 0 spiro atoms. The van der Waals surface area contributed by atoms with Crippen LogP contribution >= 0.6 is 11.6 Å². The number of phenols is 1. The Morgan fingerprint density at radius 1 is 0.818 bits per heavy atom. The van der Waals surface area contributed by atoms with Crippen LogP contribution in [0.1, 0.15) is 84.0 Å². The molecule has 55 heavy (non-hydrogen) atoms. The molecule has 0 aromatic heterocycles. The highest BCUT2D eigenvalue weighted by Gasteiger charge is 2.39. The number of alkyl halides is 1. The highest BCUT2D eigenvalue weighted by atomic mass is 35.5. The SMILES string of the molecule is O=C(CCCCCCNc1cccc2c1CN(C1CCC(=O)NC1=O)C2=O)NCCOc1ccc(C(=C(CCCl)c2ccccc2)c2ccc(O)cc2)cc1. The summed E-state index contributed by atoms with van der Waals surface area (Å²) in [4.78, 5) is 51.0. The number of piperidine rings is 1. The van der Waals surface area contributed by atoms with Gasteiger partial charge in [-0.2, -0.15) is 0 Å². The van der Waals surface area contributed by atoms with Gasteiger partial charge in [-0.25, -0.2) is 0 Å². The van der Waals surface area contributed by atoms with Crippen LogP contribution in [0.15, 0.2) is 97.1 Å². The largest absolute Gasteiger partial charge is 0.508 e. The third kappa shape index (κ3) is 10.1. The molecule has 0 radical (unpaired) electrons. The number of fused-ring (bicyclic) bond motifs is 1. The Morgan fingerprint density at radius 3 is 2.27 bits per heavy atom. The molecule has 4 aromatic carbocycles. The van der Waals surface area contributed by atoms with Crippen LogP contribution in [0.2, 0.25) is 0 Å². The van der Waals surface area contributed by atoms with E-state index >= 15 is 0 Å². The maximum Gasteiger partial charge on any atom is 0.255 e. The lowest BCUT2D eigenvalue weighted by Crippen LogP contribution is -2.52. The second kappa shape index (κ2) is 19.1. The van der Waals surface area contributed by atoms with Crippen LogP contribution in [-0.4, -0.2) is 65.3 Å². The summed E-state index contributed by atoms with van der Waals surface area (Å²) < 4.78 is 5.95. The molecule has 0 aliphatic carbocycles. The molecule has 6 rings (SSSR count). The fourth-order valence-electron chi connectivity index (χ4n) is 7.19. The molecule has 2 aliphatic rings. The number of rotatable bonds is 18. The van der Waals surface area contributed by atoms with Crippen LogP contribution in [0.5, 0.6) is 11.5 Å². The summed E-state index contributed by atoms with van der Waals surface area (Å²) in [6.45, 7) is 1.81. The minimum atomic E-state index is -0.635. The molecule has 10 nitrogen and oxygen atoms in total. The number of benzene rings is 4. The molecule has 4 amide bonds. The molecule has 11 heteroatoms. The molecule has 1 atom stereocenters. The Hall–Kier alpha value is -5.61. The number of carbonyl (C=O) groups excluding carboxylic acids is 4. The minimum absolute atomic E-state index is 0.00133. The number of aromatic hydroxyl groups is 1. The molecular formula is C44H47ClN4O6.